The molecular weight excluding hydrogens is 432 g/mol. The van der Waals surface area contributed by atoms with E-state index < -0.39 is 49.1 Å². The Morgan fingerprint density at radius 2 is 2.03 bits per heavy atom. The first-order valence-electron chi connectivity index (χ1n) is 10.3. The summed E-state index contributed by atoms with van der Waals surface area (Å²) < 4.78 is 12.9. The Morgan fingerprint density at radius 1 is 1.27 bits per heavy atom. The molecule has 1 aromatic carbocycles. The van der Waals surface area contributed by atoms with Crippen molar-refractivity contribution in [1.29, 1.82) is 0 Å². The molecule has 0 aliphatic carbocycles. The predicted molar refractivity (Wildman–Crippen MR) is 114 cm³/mol. The maximum Gasteiger partial charge on any atom is 0.329 e. The number of aliphatic hydroxyl groups is 2. The summed E-state index contributed by atoms with van der Waals surface area (Å²) in [6.45, 7) is 0.791. The molecule has 1 saturated heterocycles. The van der Waals surface area contributed by atoms with Crippen LogP contribution in [0.25, 0.3) is 11.2 Å². The summed E-state index contributed by atoms with van der Waals surface area (Å²) in [6.07, 6.45) is -1.80. The van der Waals surface area contributed by atoms with Crippen LogP contribution in [0.15, 0.2) is 43.0 Å². The number of nitrogens with zero attached hydrogens (tertiary/aromatic N) is 4. The number of nitrogens with two attached hydrogens (primary N) is 1. The molecule has 1 aliphatic rings. The van der Waals surface area contributed by atoms with Crippen LogP contribution in [0.5, 0.6) is 0 Å². The van der Waals surface area contributed by atoms with Crippen molar-refractivity contribution in [3.8, 4) is 0 Å². The van der Waals surface area contributed by atoms with Gasteiger partial charge in [-0.3, -0.25) is 9.36 Å². The minimum Gasteiger partial charge on any atom is -0.453 e. The lowest BCUT2D eigenvalue weighted by Crippen LogP contribution is -2.46. The summed E-state index contributed by atoms with van der Waals surface area (Å²) in [5.74, 6) is -1.02. The maximum atomic E-state index is 13.1. The zero-order chi connectivity index (χ0) is 23.5. The van der Waals surface area contributed by atoms with Crippen LogP contribution in [-0.4, -0.2) is 72.6 Å². The monoisotopic (exact) mass is 456 g/mol. The molecule has 12 heteroatoms. The number of rotatable bonds is 7. The van der Waals surface area contributed by atoms with Crippen molar-refractivity contribution in [2.75, 3.05) is 12.3 Å². The van der Waals surface area contributed by atoms with Gasteiger partial charge in [0.2, 0.25) is 5.91 Å². The number of aliphatic hydroxyl groups excluding tert-OH is 2. The fourth-order valence-corrected chi connectivity index (χ4v) is 3.78. The Hall–Kier alpha value is -3.61. The number of esters is 1. The van der Waals surface area contributed by atoms with Crippen molar-refractivity contribution in [3.63, 3.8) is 0 Å². The fourth-order valence-electron chi connectivity index (χ4n) is 3.78. The van der Waals surface area contributed by atoms with Gasteiger partial charge in [-0.25, -0.2) is 19.7 Å². The molecule has 3 heterocycles. The van der Waals surface area contributed by atoms with Crippen LogP contribution < -0.4 is 11.1 Å². The SMILES string of the molecule is CC(=O)NC(Cc1ccccc1)C(=O)O[C@@H]1[C@H](O)[C@@H](CO)O[C@H]1n1cnc2c(N)ncnc21. The van der Waals surface area contributed by atoms with Crippen molar-refractivity contribution in [3.05, 3.63) is 48.5 Å². The molecule has 12 nitrogen and oxygen atoms in total. The number of nitrogens with one attached hydrogen (secondary N) is 1. The third-order valence-electron chi connectivity index (χ3n) is 5.35. The quantitative estimate of drug-likeness (QED) is 0.333. The topological polar surface area (TPSA) is 175 Å². The Morgan fingerprint density at radius 3 is 2.73 bits per heavy atom. The molecule has 3 aromatic rings. The summed E-state index contributed by atoms with van der Waals surface area (Å²) in [6, 6.07) is 8.12. The van der Waals surface area contributed by atoms with Crippen LogP contribution in [0.1, 0.15) is 18.7 Å². The number of carbonyl (C=O) groups is 2. The first-order valence-corrected chi connectivity index (χ1v) is 10.3. The van der Waals surface area contributed by atoms with E-state index in [1.54, 1.807) is 0 Å². The van der Waals surface area contributed by atoms with Crippen LogP contribution in [0.3, 0.4) is 0 Å². The lowest BCUT2D eigenvalue weighted by Gasteiger charge is -2.25. The zero-order valence-electron chi connectivity index (χ0n) is 17.7. The normalized spacial score (nSPS) is 23.4. The first kappa shape index (κ1) is 22.6. The van der Waals surface area contributed by atoms with Crippen LogP contribution in [-0.2, 0) is 25.5 Å². The molecule has 0 radical (unpaired) electrons. The molecule has 1 unspecified atom stereocenters. The van der Waals surface area contributed by atoms with Gasteiger partial charge in [-0.1, -0.05) is 30.3 Å². The molecule has 1 fully saturated rings. The van der Waals surface area contributed by atoms with E-state index in [1.807, 2.05) is 30.3 Å². The third-order valence-corrected chi connectivity index (χ3v) is 5.35. The number of hydrogen-bond acceptors (Lipinski definition) is 10. The van der Waals surface area contributed by atoms with Crippen LogP contribution in [0.2, 0.25) is 0 Å². The van der Waals surface area contributed by atoms with E-state index in [-0.39, 0.29) is 12.2 Å². The van der Waals surface area contributed by atoms with Crippen molar-refractivity contribution in [1.82, 2.24) is 24.8 Å². The number of ether oxygens (including phenoxy) is 2. The highest BCUT2D eigenvalue weighted by atomic mass is 16.6. The Kier molecular flexibility index (Phi) is 6.49. The van der Waals surface area contributed by atoms with Gasteiger partial charge in [0.05, 0.1) is 12.9 Å². The van der Waals surface area contributed by atoms with E-state index in [9.17, 15) is 19.8 Å². The minimum absolute atomic E-state index is 0.151. The largest absolute Gasteiger partial charge is 0.453 e. The van der Waals surface area contributed by atoms with Crippen molar-refractivity contribution in [2.45, 2.75) is 43.9 Å². The van der Waals surface area contributed by atoms with Gasteiger partial charge in [-0.2, -0.15) is 0 Å². The molecule has 4 rings (SSSR count). The van der Waals surface area contributed by atoms with E-state index in [4.69, 9.17) is 15.2 Å². The average molecular weight is 456 g/mol. The summed E-state index contributed by atoms with van der Waals surface area (Å²) >= 11 is 0. The Bertz CT molecular complexity index is 1140. The van der Waals surface area contributed by atoms with Gasteiger partial charge >= 0.3 is 5.97 Å². The van der Waals surface area contributed by atoms with Gasteiger partial charge in [-0.15, -0.1) is 0 Å². The number of imidazole rings is 1. The molecule has 0 saturated carbocycles. The Balaban J connectivity index is 1.61. The predicted octanol–water partition coefficient (Wildman–Crippen LogP) is -0.682. The first-order chi connectivity index (χ1) is 15.9. The highest BCUT2D eigenvalue weighted by molar-refractivity contribution is 5.84. The zero-order valence-corrected chi connectivity index (χ0v) is 17.7. The summed E-state index contributed by atoms with van der Waals surface area (Å²) in [4.78, 5) is 37.0. The van der Waals surface area contributed by atoms with Gasteiger partial charge in [-0.05, 0) is 5.56 Å². The van der Waals surface area contributed by atoms with Crippen molar-refractivity contribution >= 4 is 28.9 Å². The van der Waals surface area contributed by atoms with Crippen LogP contribution in [0, 0.1) is 0 Å². The van der Waals surface area contributed by atoms with E-state index in [1.165, 1.54) is 24.1 Å². The average Bonchev–Trinajstić information content (AvgIpc) is 3.36. The van der Waals surface area contributed by atoms with Crippen molar-refractivity contribution in [2.24, 2.45) is 0 Å². The molecule has 1 amide bonds. The fraction of sp³-hybridized carbons (Fsp3) is 0.381. The highest BCUT2D eigenvalue weighted by Crippen LogP contribution is 2.34. The van der Waals surface area contributed by atoms with Crippen molar-refractivity contribution < 1.29 is 29.3 Å². The standard InChI is InChI=1S/C21H24N6O6/c1-11(29)26-13(7-12-5-3-2-4-6-12)21(31)33-17-16(30)14(8-28)32-20(17)27-10-25-15-18(22)23-9-24-19(15)27/h2-6,9-10,13-14,16-17,20,28,30H,7-8H2,1H3,(H,26,29)(H2,22,23,24)/t13?,14-,16-,17-,20-/m1/s1. The highest BCUT2D eigenvalue weighted by Gasteiger charge is 2.48. The lowest BCUT2D eigenvalue weighted by molar-refractivity contribution is -0.161. The third kappa shape index (κ3) is 4.62. The summed E-state index contributed by atoms with van der Waals surface area (Å²) in [5.41, 5.74) is 7.28. The van der Waals surface area contributed by atoms with E-state index in [2.05, 4.69) is 20.3 Å². The van der Waals surface area contributed by atoms with Gasteiger partial charge in [0.1, 0.15) is 30.1 Å². The number of anilines is 1. The minimum atomic E-state index is -1.34. The number of benzene rings is 1. The van der Waals surface area contributed by atoms with Gasteiger partial charge in [0.25, 0.3) is 0 Å². The molecule has 1 aliphatic heterocycles. The number of fused-ring (bicyclic) bond motifs is 1. The molecule has 5 N–H and O–H groups in total. The second-order valence-electron chi connectivity index (χ2n) is 7.67. The lowest BCUT2D eigenvalue weighted by atomic mass is 10.1. The van der Waals surface area contributed by atoms with E-state index in [0.29, 0.717) is 11.2 Å². The van der Waals surface area contributed by atoms with Crippen LogP contribution in [0.4, 0.5) is 5.82 Å². The molecule has 0 bridgehead atoms. The second-order valence-corrected chi connectivity index (χ2v) is 7.67. The smallest absolute Gasteiger partial charge is 0.329 e. The molecule has 33 heavy (non-hydrogen) atoms. The van der Waals surface area contributed by atoms with E-state index in [0.717, 1.165) is 5.56 Å². The molecular formula is C21H24N6O6. The second kappa shape index (κ2) is 9.48. The summed E-state index contributed by atoms with van der Waals surface area (Å²) in [7, 11) is 0. The summed E-state index contributed by atoms with van der Waals surface area (Å²) in [5, 5.41) is 22.9. The number of carbonyl (C=O) groups excluding carboxylic acids is 2. The van der Waals surface area contributed by atoms with Gasteiger partial charge in [0.15, 0.2) is 23.8 Å². The Labute approximate surface area is 188 Å². The molecule has 174 valence electrons. The number of hydrogen-bond donors (Lipinski definition) is 4. The van der Waals surface area contributed by atoms with E-state index >= 15 is 0 Å². The number of amides is 1. The number of aromatic nitrogens is 4. The van der Waals surface area contributed by atoms with Crippen LogP contribution >= 0.6 is 0 Å². The van der Waals surface area contributed by atoms with Gasteiger partial charge in [0, 0.05) is 13.3 Å². The molecule has 5 atom stereocenters. The van der Waals surface area contributed by atoms with Gasteiger partial charge < -0.3 is 30.7 Å². The molecule has 0 spiro atoms. The maximum absolute atomic E-state index is 13.1. The number of nitrogen functional groups attached to an aromatic ring is 1. The molecule has 2 aromatic heterocycles.